The van der Waals surface area contributed by atoms with Crippen LogP contribution in [0.2, 0.25) is 0 Å². The molecule has 0 saturated carbocycles. The van der Waals surface area contributed by atoms with Gasteiger partial charge in [-0.25, -0.2) is 4.98 Å². The third-order valence-electron chi connectivity index (χ3n) is 3.91. The zero-order valence-corrected chi connectivity index (χ0v) is 13.7. The molecule has 0 unspecified atom stereocenters. The fraction of sp³-hybridized carbons (Fsp3) is 0.278. The van der Waals surface area contributed by atoms with Crippen LogP contribution in [0.4, 0.5) is 0 Å². The molecule has 2 heterocycles. The van der Waals surface area contributed by atoms with Gasteiger partial charge in [-0.05, 0) is 12.8 Å². The average molecular weight is 309 g/mol. The number of hydrogen-bond acceptors (Lipinski definition) is 4. The second-order valence-corrected chi connectivity index (χ2v) is 5.77. The van der Waals surface area contributed by atoms with Crippen LogP contribution in [-0.4, -0.2) is 27.3 Å². The largest absolute Gasteiger partial charge is 0.481 e. The second kappa shape index (κ2) is 5.83. The minimum Gasteiger partial charge on any atom is -0.481 e. The number of ketones is 1. The lowest BCUT2D eigenvalue weighted by molar-refractivity contribution is 0.103. The van der Waals surface area contributed by atoms with Gasteiger partial charge in [0.2, 0.25) is 17.4 Å². The van der Waals surface area contributed by atoms with Crippen LogP contribution in [0.15, 0.2) is 36.5 Å². The highest BCUT2D eigenvalue weighted by Crippen LogP contribution is 2.28. The van der Waals surface area contributed by atoms with Crippen LogP contribution >= 0.6 is 0 Å². The highest BCUT2D eigenvalue weighted by atomic mass is 16.5. The number of fused-ring (bicyclic) bond motifs is 1. The van der Waals surface area contributed by atoms with E-state index in [0.29, 0.717) is 22.9 Å². The first-order valence-electron chi connectivity index (χ1n) is 7.56. The second-order valence-electron chi connectivity index (χ2n) is 5.77. The Labute approximate surface area is 135 Å². The van der Waals surface area contributed by atoms with Gasteiger partial charge < -0.3 is 4.74 Å². The minimum absolute atomic E-state index is 0.111. The molecule has 1 aromatic carbocycles. The zero-order chi connectivity index (χ0) is 16.6. The molecule has 118 valence electrons. The number of ether oxygens (including phenoxy) is 1. The molecule has 0 aliphatic heterocycles. The fourth-order valence-electron chi connectivity index (χ4n) is 2.80. The number of carbonyl (C=O) groups is 1. The Kier molecular flexibility index (Phi) is 3.86. The number of aromatic nitrogens is 3. The first kappa shape index (κ1) is 15.2. The van der Waals surface area contributed by atoms with E-state index < -0.39 is 0 Å². The zero-order valence-electron chi connectivity index (χ0n) is 13.7. The Bertz CT molecular complexity index is 867. The summed E-state index contributed by atoms with van der Waals surface area (Å²) in [4.78, 5) is 21.4. The first-order valence-corrected chi connectivity index (χ1v) is 7.56. The number of methoxy groups -OCH3 is 1. The summed E-state index contributed by atoms with van der Waals surface area (Å²) < 4.78 is 7.26. The van der Waals surface area contributed by atoms with E-state index in [1.54, 1.807) is 25.4 Å². The van der Waals surface area contributed by atoms with Gasteiger partial charge in [-0.15, -0.1) is 0 Å². The lowest BCUT2D eigenvalue weighted by Gasteiger charge is -2.14. The summed E-state index contributed by atoms with van der Waals surface area (Å²) in [6.07, 6.45) is 1.75. The van der Waals surface area contributed by atoms with E-state index in [-0.39, 0.29) is 11.7 Å². The van der Waals surface area contributed by atoms with Crippen LogP contribution in [0.25, 0.3) is 5.78 Å². The maximum absolute atomic E-state index is 12.6. The molecule has 0 fully saturated rings. The van der Waals surface area contributed by atoms with Crippen molar-refractivity contribution < 1.29 is 9.53 Å². The smallest absolute Gasteiger partial charge is 0.237 e. The van der Waals surface area contributed by atoms with Gasteiger partial charge in [0.25, 0.3) is 0 Å². The molecule has 2 aromatic heterocycles. The van der Waals surface area contributed by atoms with Gasteiger partial charge >= 0.3 is 0 Å². The predicted octanol–water partition coefficient (Wildman–Crippen LogP) is 3.40. The Morgan fingerprint density at radius 2 is 1.87 bits per heavy atom. The average Bonchev–Trinajstić information content (AvgIpc) is 2.98. The van der Waals surface area contributed by atoms with E-state index >= 15 is 0 Å². The molecule has 0 N–H and O–H groups in total. The van der Waals surface area contributed by atoms with Crippen molar-refractivity contribution in [2.45, 2.75) is 26.7 Å². The molecule has 23 heavy (non-hydrogen) atoms. The number of aryl methyl sites for hydroxylation is 1. The molecule has 0 bridgehead atoms. The number of carbonyl (C=O) groups excluding carboxylic acids is 1. The van der Waals surface area contributed by atoms with Gasteiger partial charge in [-0.1, -0.05) is 44.2 Å². The van der Waals surface area contributed by atoms with E-state index in [0.717, 1.165) is 11.3 Å². The van der Waals surface area contributed by atoms with Gasteiger partial charge in [-0.3, -0.25) is 9.20 Å². The van der Waals surface area contributed by atoms with Crippen LogP contribution in [-0.2, 0) is 0 Å². The minimum atomic E-state index is -0.111. The molecule has 0 amide bonds. The third kappa shape index (κ3) is 2.59. The summed E-state index contributed by atoms with van der Waals surface area (Å²) in [6, 6.07) is 9.13. The summed E-state index contributed by atoms with van der Waals surface area (Å²) in [5, 5.41) is 0. The maximum Gasteiger partial charge on any atom is 0.237 e. The quantitative estimate of drug-likeness (QED) is 0.693. The van der Waals surface area contributed by atoms with E-state index in [1.807, 2.05) is 29.5 Å². The molecular formula is C18H19N3O2. The van der Waals surface area contributed by atoms with E-state index in [2.05, 4.69) is 23.8 Å². The number of benzene rings is 1. The van der Waals surface area contributed by atoms with Gasteiger partial charge in [0.15, 0.2) is 0 Å². The molecule has 3 rings (SSSR count). The lowest BCUT2D eigenvalue weighted by Crippen LogP contribution is -2.05. The molecule has 5 heteroatoms. The Morgan fingerprint density at radius 3 is 2.48 bits per heavy atom. The summed E-state index contributed by atoms with van der Waals surface area (Å²) in [5.74, 6) is 1.19. The first-order chi connectivity index (χ1) is 11.0. The highest BCUT2D eigenvalue weighted by molar-refractivity contribution is 6.07. The predicted molar refractivity (Wildman–Crippen MR) is 88.2 cm³/mol. The standard InChI is InChI=1S/C18H19N3O2/c1-11(2)15-12(3)21-10-14(19-18(21)20-17(15)23-4)16(22)13-8-6-5-7-9-13/h5-11H,1-4H3. The number of imidazole rings is 1. The Hall–Kier alpha value is -2.69. The molecular weight excluding hydrogens is 290 g/mol. The third-order valence-corrected chi connectivity index (χ3v) is 3.91. The maximum atomic E-state index is 12.6. The summed E-state index contributed by atoms with van der Waals surface area (Å²) in [7, 11) is 1.60. The normalized spacial score (nSPS) is 11.2. The summed E-state index contributed by atoms with van der Waals surface area (Å²) in [6.45, 7) is 6.17. The molecule has 0 saturated heterocycles. The van der Waals surface area contributed by atoms with Crippen molar-refractivity contribution in [2.75, 3.05) is 7.11 Å². The van der Waals surface area contributed by atoms with Crippen LogP contribution in [0.3, 0.4) is 0 Å². The SMILES string of the molecule is COc1nc2nc(C(=O)c3ccccc3)cn2c(C)c1C(C)C. The molecule has 0 spiro atoms. The van der Waals surface area contributed by atoms with Crippen LogP contribution in [0, 0.1) is 6.92 Å². The molecule has 0 aliphatic carbocycles. The van der Waals surface area contributed by atoms with Crippen molar-refractivity contribution in [3.8, 4) is 5.88 Å². The molecule has 3 aromatic rings. The molecule has 0 radical (unpaired) electrons. The Balaban J connectivity index is 2.16. The van der Waals surface area contributed by atoms with Crippen LogP contribution in [0.5, 0.6) is 5.88 Å². The number of hydrogen-bond donors (Lipinski definition) is 0. The van der Waals surface area contributed by atoms with Crippen LogP contribution in [0.1, 0.15) is 47.1 Å². The number of rotatable bonds is 4. The van der Waals surface area contributed by atoms with Gasteiger partial charge in [-0.2, -0.15) is 4.98 Å². The van der Waals surface area contributed by atoms with Gasteiger partial charge in [0.1, 0.15) is 5.69 Å². The number of nitrogens with zero attached hydrogens (tertiary/aromatic N) is 3. The lowest BCUT2D eigenvalue weighted by atomic mass is 10.0. The topological polar surface area (TPSA) is 56.5 Å². The van der Waals surface area contributed by atoms with E-state index in [9.17, 15) is 4.79 Å². The van der Waals surface area contributed by atoms with Crippen molar-refractivity contribution in [3.05, 3.63) is 59.0 Å². The highest BCUT2D eigenvalue weighted by Gasteiger charge is 2.20. The fourth-order valence-corrected chi connectivity index (χ4v) is 2.80. The van der Waals surface area contributed by atoms with Crippen molar-refractivity contribution >= 4 is 11.6 Å². The van der Waals surface area contributed by atoms with Crippen molar-refractivity contribution in [3.63, 3.8) is 0 Å². The summed E-state index contributed by atoms with van der Waals surface area (Å²) in [5.41, 5.74) is 3.01. The Morgan fingerprint density at radius 1 is 1.17 bits per heavy atom. The van der Waals surface area contributed by atoms with E-state index in [1.165, 1.54) is 0 Å². The van der Waals surface area contributed by atoms with Crippen LogP contribution < -0.4 is 4.74 Å². The van der Waals surface area contributed by atoms with Crippen molar-refractivity contribution in [1.82, 2.24) is 14.4 Å². The van der Waals surface area contributed by atoms with Crippen molar-refractivity contribution in [2.24, 2.45) is 0 Å². The molecule has 0 aliphatic rings. The van der Waals surface area contributed by atoms with Gasteiger partial charge in [0, 0.05) is 23.0 Å². The summed E-state index contributed by atoms with van der Waals surface area (Å²) >= 11 is 0. The molecule has 0 atom stereocenters. The van der Waals surface area contributed by atoms with E-state index in [4.69, 9.17) is 4.74 Å². The van der Waals surface area contributed by atoms with Crippen molar-refractivity contribution in [1.29, 1.82) is 0 Å². The monoisotopic (exact) mass is 309 g/mol. The van der Waals surface area contributed by atoms with Gasteiger partial charge in [0.05, 0.1) is 7.11 Å². The molecule has 5 nitrogen and oxygen atoms in total.